The Hall–Kier alpha value is -2.06. The van der Waals surface area contributed by atoms with E-state index in [9.17, 15) is 4.79 Å². The van der Waals surface area contributed by atoms with Crippen LogP contribution in [0.15, 0.2) is 59.9 Å². The van der Waals surface area contributed by atoms with Crippen molar-refractivity contribution < 1.29 is 0 Å². The summed E-state index contributed by atoms with van der Waals surface area (Å²) in [4.78, 5) is 12.5. The van der Waals surface area contributed by atoms with Crippen LogP contribution >= 0.6 is 11.6 Å². The minimum atomic E-state index is 0.0441. The topological polar surface area (TPSA) is 22.0 Å². The van der Waals surface area contributed by atoms with Crippen molar-refractivity contribution in [2.24, 2.45) is 0 Å². The Labute approximate surface area is 115 Å². The lowest BCUT2D eigenvalue weighted by atomic mass is 10.1. The predicted octanol–water partition coefficient (Wildman–Crippen LogP) is 3.99. The van der Waals surface area contributed by atoms with Crippen LogP contribution in [0.5, 0.6) is 0 Å². The van der Waals surface area contributed by atoms with Gasteiger partial charge in [-0.05, 0) is 30.3 Å². The fraction of sp³-hybridized carbons (Fsp3) is 0.0625. The van der Waals surface area contributed by atoms with E-state index in [1.807, 2.05) is 36.4 Å². The van der Waals surface area contributed by atoms with E-state index in [0.717, 1.165) is 16.4 Å². The van der Waals surface area contributed by atoms with E-state index in [1.165, 1.54) is 0 Å². The molecule has 0 amide bonds. The summed E-state index contributed by atoms with van der Waals surface area (Å²) < 4.78 is 2.06. The van der Waals surface area contributed by atoms with E-state index in [-0.39, 0.29) is 5.43 Å². The molecule has 0 radical (unpaired) electrons. The number of para-hydroxylation sites is 1. The van der Waals surface area contributed by atoms with Crippen molar-refractivity contribution in [3.8, 4) is 0 Å². The van der Waals surface area contributed by atoms with Gasteiger partial charge < -0.3 is 4.57 Å². The molecule has 0 aliphatic carbocycles. The zero-order valence-corrected chi connectivity index (χ0v) is 11.0. The van der Waals surface area contributed by atoms with Gasteiger partial charge in [0.15, 0.2) is 5.43 Å². The van der Waals surface area contributed by atoms with Crippen molar-refractivity contribution in [2.45, 2.75) is 6.54 Å². The van der Waals surface area contributed by atoms with Crippen molar-refractivity contribution in [2.75, 3.05) is 0 Å². The largest absolute Gasteiger partial charge is 0.336 e. The van der Waals surface area contributed by atoms with Gasteiger partial charge in [0.25, 0.3) is 0 Å². The van der Waals surface area contributed by atoms with Gasteiger partial charge >= 0.3 is 0 Å². The maximum Gasteiger partial charge on any atom is 0.197 e. The van der Waals surface area contributed by atoms with Crippen molar-refractivity contribution in [1.82, 2.24) is 4.57 Å². The standard InChI is InChI=1S/C16H12ClNO/c1-2-9-18-14-6-4-3-5-12(14)16(19)13-8-7-11(17)10-15(13)18/h2-8,10H,1,9H2. The fourth-order valence-corrected chi connectivity index (χ4v) is 2.59. The van der Waals surface area contributed by atoms with Crippen LogP contribution in [-0.2, 0) is 6.54 Å². The predicted molar refractivity (Wildman–Crippen MR) is 80.9 cm³/mol. The van der Waals surface area contributed by atoms with Crippen LogP contribution < -0.4 is 5.43 Å². The second kappa shape index (κ2) is 4.56. The highest BCUT2D eigenvalue weighted by Crippen LogP contribution is 2.22. The first kappa shape index (κ1) is 12.0. The van der Waals surface area contributed by atoms with Gasteiger partial charge in [0, 0.05) is 22.3 Å². The van der Waals surface area contributed by atoms with Gasteiger partial charge in [0.05, 0.1) is 11.0 Å². The molecule has 1 aromatic heterocycles. The van der Waals surface area contributed by atoms with Gasteiger partial charge in [0.2, 0.25) is 0 Å². The number of pyridine rings is 1. The molecule has 94 valence electrons. The average Bonchev–Trinajstić information content (AvgIpc) is 2.43. The summed E-state index contributed by atoms with van der Waals surface area (Å²) in [7, 11) is 0. The molecule has 2 nitrogen and oxygen atoms in total. The third kappa shape index (κ3) is 1.85. The highest BCUT2D eigenvalue weighted by molar-refractivity contribution is 6.31. The highest BCUT2D eigenvalue weighted by Gasteiger charge is 2.09. The Bertz CT molecular complexity index is 848. The number of rotatable bonds is 2. The molecular weight excluding hydrogens is 258 g/mol. The quantitative estimate of drug-likeness (QED) is 0.509. The van der Waals surface area contributed by atoms with E-state index < -0.39 is 0 Å². The molecule has 0 bridgehead atoms. The number of nitrogens with zero attached hydrogens (tertiary/aromatic N) is 1. The molecule has 0 saturated carbocycles. The molecule has 0 atom stereocenters. The molecule has 0 unspecified atom stereocenters. The minimum Gasteiger partial charge on any atom is -0.336 e. The summed E-state index contributed by atoms with van der Waals surface area (Å²) in [5, 5.41) is 2.03. The van der Waals surface area contributed by atoms with Crippen LogP contribution in [0.3, 0.4) is 0 Å². The number of aromatic nitrogens is 1. The molecule has 0 spiro atoms. The molecule has 19 heavy (non-hydrogen) atoms. The summed E-state index contributed by atoms with van der Waals surface area (Å²) in [6, 6.07) is 13.0. The van der Waals surface area contributed by atoms with Crippen LogP contribution in [0.2, 0.25) is 5.02 Å². The Morgan fingerprint density at radius 1 is 1.11 bits per heavy atom. The van der Waals surface area contributed by atoms with E-state index in [1.54, 1.807) is 12.1 Å². The van der Waals surface area contributed by atoms with Gasteiger partial charge in [-0.1, -0.05) is 29.8 Å². The Kier molecular flexibility index (Phi) is 2.88. The Morgan fingerprint density at radius 2 is 1.84 bits per heavy atom. The van der Waals surface area contributed by atoms with E-state index in [4.69, 9.17) is 11.6 Å². The maximum atomic E-state index is 12.5. The van der Waals surface area contributed by atoms with E-state index >= 15 is 0 Å². The Balaban J connectivity index is 2.62. The van der Waals surface area contributed by atoms with Crippen molar-refractivity contribution >= 4 is 33.4 Å². The summed E-state index contributed by atoms with van der Waals surface area (Å²) in [6.07, 6.45) is 1.82. The molecule has 0 fully saturated rings. The van der Waals surface area contributed by atoms with Crippen molar-refractivity contribution in [1.29, 1.82) is 0 Å². The molecule has 3 aromatic rings. The van der Waals surface area contributed by atoms with E-state index in [2.05, 4.69) is 11.1 Å². The smallest absolute Gasteiger partial charge is 0.197 e. The van der Waals surface area contributed by atoms with Crippen LogP contribution in [0, 0.1) is 0 Å². The zero-order chi connectivity index (χ0) is 13.4. The second-order valence-corrected chi connectivity index (χ2v) is 4.84. The molecule has 3 rings (SSSR count). The van der Waals surface area contributed by atoms with Gasteiger partial charge in [-0.15, -0.1) is 6.58 Å². The van der Waals surface area contributed by atoms with Crippen LogP contribution in [0.4, 0.5) is 0 Å². The molecule has 0 aliphatic rings. The molecular formula is C16H12ClNO. The zero-order valence-electron chi connectivity index (χ0n) is 10.3. The SMILES string of the molecule is C=CCn1c2ccccc2c(=O)c2ccc(Cl)cc21. The molecule has 0 N–H and O–H groups in total. The lowest BCUT2D eigenvalue weighted by Crippen LogP contribution is -2.10. The first-order chi connectivity index (χ1) is 9.22. The maximum absolute atomic E-state index is 12.5. The normalized spacial score (nSPS) is 11.0. The molecule has 2 aromatic carbocycles. The summed E-state index contributed by atoms with van der Waals surface area (Å²) >= 11 is 6.05. The molecule has 0 saturated heterocycles. The van der Waals surface area contributed by atoms with Gasteiger partial charge in [-0.25, -0.2) is 0 Å². The summed E-state index contributed by atoms with van der Waals surface area (Å²) in [5.74, 6) is 0. The van der Waals surface area contributed by atoms with E-state index in [0.29, 0.717) is 17.0 Å². The molecule has 0 aliphatic heterocycles. The van der Waals surface area contributed by atoms with Crippen molar-refractivity contribution in [3.05, 3.63) is 70.4 Å². The average molecular weight is 270 g/mol. The summed E-state index contributed by atoms with van der Waals surface area (Å²) in [5.41, 5.74) is 1.79. The molecule has 1 heterocycles. The van der Waals surface area contributed by atoms with Crippen molar-refractivity contribution in [3.63, 3.8) is 0 Å². The number of allylic oxidation sites excluding steroid dienone is 1. The highest BCUT2D eigenvalue weighted by atomic mass is 35.5. The second-order valence-electron chi connectivity index (χ2n) is 4.41. The van der Waals surface area contributed by atoms with Crippen LogP contribution in [-0.4, -0.2) is 4.57 Å². The lowest BCUT2D eigenvalue weighted by Gasteiger charge is -2.13. The first-order valence-electron chi connectivity index (χ1n) is 6.04. The number of fused-ring (bicyclic) bond motifs is 2. The minimum absolute atomic E-state index is 0.0441. The monoisotopic (exact) mass is 269 g/mol. The van der Waals surface area contributed by atoms with Gasteiger partial charge in [-0.3, -0.25) is 4.79 Å². The first-order valence-corrected chi connectivity index (χ1v) is 6.42. The number of hydrogen-bond donors (Lipinski definition) is 0. The van der Waals surface area contributed by atoms with Crippen LogP contribution in [0.25, 0.3) is 21.8 Å². The molecule has 3 heteroatoms. The van der Waals surface area contributed by atoms with Gasteiger partial charge in [0.1, 0.15) is 0 Å². The lowest BCUT2D eigenvalue weighted by molar-refractivity contribution is 0.893. The fourth-order valence-electron chi connectivity index (χ4n) is 2.42. The third-order valence-electron chi connectivity index (χ3n) is 3.25. The number of benzene rings is 2. The number of halogens is 1. The Morgan fingerprint density at radius 3 is 2.63 bits per heavy atom. The third-order valence-corrected chi connectivity index (χ3v) is 3.48. The van der Waals surface area contributed by atoms with Crippen LogP contribution in [0.1, 0.15) is 0 Å². The summed E-state index contributed by atoms with van der Waals surface area (Å²) in [6.45, 7) is 4.42. The van der Waals surface area contributed by atoms with Gasteiger partial charge in [-0.2, -0.15) is 0 Å². The number of hydrogen-bond acceptors (Lipinski definition) is 1.